The average molecular weight is 844 g/mol. The third kappa shape index (κ3) is 13.4. The van der Waals surface area contributed by atoms with Crippen LogP contribution >= 0.6 is 0 Å². The van der Waals surface area contributed by atoms with Crippen LogP contribution in [-0.2, 0) is 47.5 Å². The molecule has 60 heavy (non-hydrogen) atoms. The minimum Gasteiger partial charge on any atom is -0.466 e. The molecule has 3 saturated heterocycles. The number of rotatable bonds is 11. The number of cyclic esters (lactones) is 1. The van der Waals surface area contributed by atoms with Crippen LogP contribution in [0, 0.1) is 5.41 Å². The zero-order valence-electron chi connectivity index (χ0n) is 35.5. The summed E-state index contributed by atoms with van der Waals surface area (Å²) < 4.78 is 41.8. The van der Waals surface area contributed by atoms with Gasteiger partial charge in [-0.3, -0.25) is 9.59 Å². The van der Waals surface area contributed by atoms with Gasteiger partial charge in [0.1, 0.15) is 6.10 Å². The van der Waals surface area contributed by atoms with Crippen LogP contribution in [0.25, 0.3) is 0 Å². The number of carbonyl (C=O) groups excluding carboxylic acids is 4. The van der Waals surface area contributed by atoms with Crippen molar-refractivity contribution in [1.29, 1.82) is 0 Å². The SMILES string of the molecule is CCCCCCCC(=O)Nc1cccc(C(=O)O[C@H]2/C(=C/C(=O)OC)C[C@H]3C[C@@H](CO)OC(=O)C[C@H](O)C[C@@H]4CCC[C@H](C[C@@H]5CCO[C@H](/C=C/C(C)(C)[C@]2(O)O3)O5)O4)c1. The maximum Gasteiger partial charge on any atom is 0.339 e. The zero-order valence-corrected chi connectivity index (χ0v) is 35.5. The second kappa shape index (κ2) is 22.4. The lowest BCUT2D eigenvalue weighted by Crippen LogP contribution is -2.62. The number of carbonyl (C=O) groups is 4. The molecule has 0 unspecified atom stereocenters. The van der Waals surface area contributed by atoms with Crippen molar-refractivity contribution >= 4 is 29.5 Å². The maximum absolute atomic E-state index is 14.0. The van der Waals surface area contributed by atoms with E-state index in [0.29, 0.717) is 31.6 Å². The van der Waals surface area contributed by atoms with Crippen molar-refractivity contribution in [2.24, 2.45) is 5.41 Å². The van der Waals surface area contributed by atoms with E-state index in [2.05, 4.69) is 12.2 Å². The predicted molar refractivity (Wildman–Crippen MR) is 218 cm³/mol. The van der Waals surface area contributed by atoms with E-state index in [-0.39, 0.29) is 61.0 Å². The Morgan fingerprint density at radius 2 is 1.72 bits per heavy atom. The van der Waals surface area contributed by atoms with Crippen LogP contribution in [0.1, 0.15) is 127 Å². The van der Waals surface area contributed by atoms with Gasteiger partial charge in [0.15, 0.2) is 12.4 Å². The van der Waals surface area contributed by atoms with Crippen LogP contribution in [0.4, 0.5) is 5.69 Å². The Balaban J connectivity index is 1.46. The van der Waals surface area contributed by atoms with E-state index in [0.717, 1.165) is 57.4 Å². The number of aliphatic hydroxyl groups is 3. The number of fused-ring (bicyclic) bond motifs is 6. The lowest BCUT2D eigenvalue weighted by Gasteiger charge is -2.51. The number of amides is 1. The molecule has 0 spiro atoms. The Morgan fingerprint density at radius 1 is 0.967 bits per heavy atom. The molecule has 4 heterocycles. The molecule has 4 aliphatic heterocycles. The van der Waals surface area contributed by atoms with Gasteiger partial charge in [-0.1, -0.05) is 58.6 Å². The number of unbranched alkanes of at least 4 members (excludes halogenated alkanes) is 4. The monoisotopic (exact) mass is 843 g/mol. The quantitative estimate of drug-likeness (QED) is 0.0706. The van der Waals surface area contributed by atoms with Crippen LogP contribution in [0.3, 0.4) is 0 Å². The number of nitrogens with one attached hydrogen (secondary N) is 1. The summed E-state index contributed by atoms with van der Waals surface area (Å²) in [4.78, 5) is 52.7. The van der Waals surface area contributed by atoms with E-state index in [4.69, 9.17) is 33.2 Å². The molecule has 1 aromatic rings. The summed E-state index contributed by atoms with van der Waals surface area (Å²) in [6, 6.07) is 6.23. The third-order valence-electron chi connectivity index (χ3n) is 11.7. The summed E-state index contributed by atoms with van der Waals surface area (Å²) in [5, 5.41) is 36.9. The van der Waals surface area contributed by atoms with E-state index >= 15 is 0 Å². The van der Waals surface area contributed by atoms with Gasteiger partial charge in [-0.2, -0.15) is 0 Å². The van der Waals surface area contributed by atoms with Crippen LogP contribution in [-0.4, -0.2) is 114 Å². The van der Waals surface area contributed by atoms with Gasteiger partial charge in [-0.25, -0.2) is 9.59 Å². The Bertz CT molecular complexity index is 1660. The highest BCUT2D eigenvalue weighted by molar-refractivity contribution is 5.94. The molecule has 9 atom stereocenters. The minimum absolute atomic E-state index is 0.0666. The van der Waals surface area contributed by atoms with Crippen LogP contribution < -0.4 is 5.32 Å². The first kappa shape index (κ1) is 47.4. The van der Waals surface area contributed by atoms with E-state index in [1.54, 1.807) is 38.1 Å². The normalized spacial score (nSPS) is 32.5. The molecule has 0 radical (unpaired) electrons. The first-order valence-corrected chi connectivity index (χ1v) is 21.6. The maximum atomic E-state index is 14.0. The summed E-state index contributed by atoms with van der Waals surface area (Å²) in [6.45, 7) is 5.26. The molecule has 334 valence electrons. The number of benzene rings is 1. The van der Waals surface area contributed by atoms with Crippen molar-refractivity contribution in [2.75, 3.05) is 25.6 Å². The summed E-state index contributed by atoms with van der Waals surface area (Å²) in [6.07, 6.45) is 7.03. The number of hydrogen-bond donors (Lipinski definition) is 4. The molecule has 4 N–H and O–H groups in total. The largest absolute Gasteiger partial charge is 0.466 e. The second-order valence-electron chi connectivity index (χ2n) is 17.0. The van der Waals surface area contributed by atoms with E-state index in [1.807, 2.05) is 0 Å². The average Bonchev–Trinajstić information content (AvgIpc) is 3.20. The molecule has 0 aromatic heterocycles. The van der Waals surface area contributed by atoms with Crippen molar-refractivity contribution in [3.05, 3.63) is 53.6 Å². The van der Waals surface area contributed by atoms with Gasteiger partial charge >= 0.3 is 17.9 Å². The first-order chi connectivity index (χ1) is 28.7. The highest BCUT2D eigenvalue weighted by Crippen LogP contribution is 2.47. The number of hydrogen-bond acceptors (Lipinski definition) is 14. The lowest BCUT2D eigenvalue weighted by molar-refractivity contribution is -0.324. The van der Waals surface area contributed by atoms with E-state index in [1.165, 1.54) is 19.2 Å². The summed E-state index contributed by atoms with van der Waals surface area (Å²) in [5.74, 6) is -4.98. The van der Waals surface area contributed by atoms with Gasteiger partial charge in [0.25, 0.3) is 0 Å². The number of anilines is 1. The Labute approximate surface area is 353 Å². The molecular formula is C45H65NO14. The van der Waals surface area contributed by atoms with Gasteiger partial charge in [-0.05, 0) is 74.8 Å². The highest BCUT2D eigenvalue weighted by Gasteiger charge is 2.57. The molecular weight excluding hydrogens is 778 g/mol. The molecule has 0 aliphatic carbocycles. The van der Waals surface area contributed by atoms with Gasteiger partial charge in [0.05, 0.1) is 62.8 Å². The summed E-state index contributed by atoms with van der Waals surface area (Å²) in [7, 11) is 1.19. The first-order valence-electron chi connectivity index (χ1n) is 21.6. The minimum atomic E-state index is -2.40. The third-order valence-corrected chi connectivity index (χ3v) is 11.7. The molecule has 0 saturated carbocycles. The molecule has 6 bridgehead atoms. The second-order valence-corrected chi connectivity index (χ2v) is 17.0. The number of methoxy groups -OCH3 is 1. The molecule has 1 aromatic carbocycles. The van der Waals surface area contributed by atoms with Crippen molar-refractivity contribution in [3.8, 4) is 0 Å². The standard InChI is InChI=1S/C45H65NO14/c1-5-6-7-8-9-16-38(49)46-31-13-10-12-29(21-31)43(52)59-42-30(23-39(50)54-4)22-36-27-37(28-47)57-40(51)25-32(48)24-33-14-11-15-34(56-33)26-35-18-20-55-41(58-35)17-19-44(2,3)45(42,53)60-36/h10,12-13,17,19,21,23,32-37,41-42,47-48,53H,5-9,11,14-16,18,20,22,24-28H2,1-4H3,(H,46,49)/b19-17+,30-23+/t32-,33+,34-,35+,36+,37+,41+,42+,45-/m1/s1. The number of ether oxygens (including phenoxy) is 7. The molecule has 5 rings (SSSR count). The molecule has 3 fully saturated rings. The summed E-state index contributed by atoms with van der Waals surface area (Å²) >= 11 is 0. The predicted octanol–water partition coefficient (Wildman–Crippen LogP) is 5.58. The fourth-order valence-electron chi connectivity index (χ4n) is 8.33. The van der Waals surface area contributed by atoms with Crippen molar-refractivity contribution < 1.29 is 67.7 Å². The van der Waals surface area contributed by atoms with Gasteiger partial charge in [-0.15, -0.1) is 0 Å². The van der Waals surface area contributed by atoms with E-state index in [9.17, 15) is 34.5 Å². The van der Waals surface area contributed by atoms with Crippen molar-refractivity contribution in [1.82, 2.24) is 0 Å². The zero-order chi connectivity index (χ0) is 43.3. The Morgan fingerprint density at radius 3 is 2.47 bits per heavy atom. The molecule has 15 heteroatoms. The molecule has 1 amide bonds. The van der Waals surface area contributed by atoms with Gasteiger partial charge in [0.2, 0.25) is 11.7 Å². The Kier molecular flexibility index (Phi) is 17.7. The molecule has 4 aliphatic rings. The van der Waals surface area contributed by atoms with Gasteiger partial charge < -0.3 is 53.8 Å². The highest BCUT2D eigenvalue weighted by atomic mass is 16.7. The fraction of sp³-hybridized carbons (Fsp3) is 0.689. The number of aliphatic hydroxyl groups excluding tert-OH is 2. The van der Waals surface area contributed by atoms with Crippen molar-refractivity contribution in [2.45, 2.75) is 172 Å². The Hall–Kier alpha value is -3.70. The topological polar surface area (TPSA) is 206 Å². The van der Waals surface area contributed by atoms with Crippen molar-refractivity contribution in [3.63, 3.8) is 0 Å². The molecule has 15 nitrogen and oxygen atoms in total. The van der Waals surface area contributed by atoms with E-state index < -0.39 is 66.4 Å². The van der Waals surface area contributed by atoms with Crippen LogP contribution in [0.5, 0.6) is 0 Å². The summed E-state index contributed by atoms with van der Waals surface area (Å²) in [5.41, 5.74) is -0.818. The smallest absolute Gasteiger partial charge is 0.339 e. The van der Waals surface area contributed by atoms with Gasteiger partial charge in [0, 0.05) is 36.4 Å². The van der Waals surface area contributed by atoms with Crippen LogP contribution in [0.15, 0.2) is 48.1 Å². The lowest BCUT2D eigenvalue weighted by atomic mass is 9.74. The van der Waals surface area contributed by atoms with Crippen LogP contribution in [0.2, 0.25) is 0 Å². The number of esters is 3. The fourth-order valence-corrected chi connectivity index (χ4v) is 8.33.